The second-order valence-corrected chi connectivity index (χ2v) is 7.90. The molecule has 1 amide bonds. The standard InChI is InChI=1S/C16H9Cl5N2O2S/c1-2-25-6-3-4-7-8(5-6)26-16(22-7)23-15(24)9-10(17)12(19)14(21)13(20)11(9)18/h3-5H,2H2,1H3,(H,22,23,24). The van der Waals surface area contributed by atoms with Crippen LogP contribution in [0.2, 0.25) is 25.1 Å². The Morgan fingerprint density at radius 2 is 1.69 bits per heavy atom. The average molecular weight is 471 g/mol. The summed E-state index contributed by atoms with van der Waals surface area (Å²) in [6.07, 6.45) is 0. The lowest BCUT2D eigenvalue weighted by Crippen LogP contribution is -2.13. The first-order valence-corrected chi connectivity index (χ1v) is 9.90. The van der Waals surface area contributed by atoms with Crippen molar-refractivity contribution in [2.45, 2.75) is 6.92 Å². The van der Waals surface area contributed by atoms with Crippen LogP contribution in [-0.2, 0) is 0 Å². The van der Waals surface area contributed by atoms with Crippen molar-refractivity contribution >= 4 is 90.6 Å². The molecule has 0 aliphatic carbocycles. The number of carbonyl (C=O) groups excluding carboxylic acids is 1. The van der Waals surface area contributed by atoms with E-state index in [0.29, 0.717) is 11.7 Å². The molecular formula is C16H9Cl5N2O2S. The predicted molar refractivity (Wildman–Crippen MR) is 110 cm³/mol. The van der Waals surface area contributed by atoms with E-state index in [-0.39, 0.29) is 30.7 Å². The zero-order valence-corrected chi connectivity index (χ0v) is 17.6. The number of carbonyl (C=O) groups is 1. The maximum Gasteiger partial charge on any atom is 0.260 e. The Bertz CT molecular complexity index is 993. The van der Waals surface area contributed by atoms with Crippen LogP contribution in [0.1, 0.15) is 17.3 Å². The second kappa shape index (κ2) is 7.97. The highest BCUT2D eigenvalue weighted by molar-refractivity contribution is 7.22. The van der Waals surface area contributed by atoms with Gasteiger partial charge >= 0.3 is 0 Å². The van der Waals surface area contributed by atoms with Gasteiger partial charge in [0.25, 0.3) is 5.91 Å². The van der Waals surface area contributed by atoms with E-state index in [9.17, 15) is 4.79 Å². The van der Waals surface area contributed by atoms with E-state index < -0.39 is 5.91 Å². The smallest absolute Gasteiger partial charge is 0.260 e. The highest BCUT2D eigenvalue weighted by Crippen LogP contribution is 2.44. The SMILES string of the molecule is CCOc1ccc2nc(NC(=O)c3c(Cl)c(Cl)c(Cl)c(Cl)c3Cl)sc2c1. The molecule has 0 bridgehead atoms. The van der Waals surface area contributed by atoms with Crippen LogP contribution < -0.4 is 10.1 Å². The van der Waals surface area contributed by atoms with Crippen LogP contribution in [0.5, 0.6) is 5.75 Å². The topological polar surface area (TPSA) is 51.2 Å². The van der Waals surface area contributed by atoms with Gasteiger partial charge in [-0.05, 0) is 25.1 Å². The lowest BCUT2D eigenvalue weighted by Gasteiger charge is -2.11. The normalized spacial score (nSPS) is 11.0. The predicted octanol–water partition coefficient (Wildman–Crippen LogP) is 7.21. The molecule has 3 rings (SSSR count). The Morgan fingerprint density at radius 1 is 1.08 bits per heavy atom. The Balaban J connectivity index is 1.95. The van der Waals surface area contributed by atoms with E-state index in [1.54, 1.807) is 0 Å². The lowest BCUT2D eigenvalue weighted by atomic mass is 10.2. The molecule has 0 unspecified atom stereocenters. The Hall–Kier alpha value is -0.950. The minimum atomic E-state index is -0.593. The van der Waals surface area contributed by atoms with Gasteiger partial charge < -0.3 is 4.74 Å². The van der Waals surface area contributed by atoms with E-state index in [2.05, 4.69) is 10.3 Å². The maximum absolute atomic E-state index is 12.6. The number of rotatable bonds is 4. The van der Waals surface area contributed by atoms with E-state index in [1.807, 2.05) is 25.1 Å². The van der Waals surface area contributed by atoms with Gasteiger partial charge in [0.15, 0.2) is 5.13 Å². The number of halogens is 5. The molecule has 1 aromatic heterocycles. The number of anilines is 1. The van der Waals surface area contributed by atoms with Crippen molar-refractivity contribution in [2.75, 3.05) is 11.9 Å². The van der Waals surface area contributed by atoms with Gasteiger partial charge in [-0.1, -0.05) is 69.3 Å². The molecule has 10 heteroatoms. The summed E-state index contributed by atoms with van der Waals surface area (Å²) >= 11 is 31.5. The quantitative estimate of drug-likeness (QED) is 0.324. The van der Waals surface area contributed by atoms with Crippen LogP contribution in [0.3, 0.4) is 0 Å². The molecule has 0 aliphatic rings. The number of amides is 1. The van der Waals surface area contributed by atoms with Crippen molar-refractivity contribution in [3.63, 3.8) is 0 Å². The number of nitrogens with zero attached hydrogens (tertiary/aromatic N) is 1. The molecule has 0 radical (unpaired) electrons. The molecule has 0 saturated heterocycles. The van der Waals surface area contributed by atoms with E-state index in [0.717, 1.165) is 16.0 Å². The third-order valence-corrected chi connectivity index (χ3v) is 6.54. The summed E-state index contributed by atoms with van der Waals surface area (Å²) in [6, 6.07) is 5.47. The minimum Gasteiger partial charge on any atom is -0.494 e. The van der Waals surface area contributed by atoms with Gasteiger partial charge in [0.05, 0.1) is 47.5 Å². The second-order valence-electron chi connectivity index (χ2n) is 4.98. The Labute approximate surface area is 177 Å². The molecule has 2 aromatic carbocycles. The molecule has 0 fully saturated rings. The highest BCUT2D eigenvalue weighted by Gasteiger charge is 2.24. The number of thiazole rings is 1. The molecular weight excluding hydrogens is 462 g/mol. The van der Waals surface area contributed by atoms with Crippen molar-refractivity contribution in [3.05, 3.63) is 48.9 Å². The van der Waals surface area contributed by atoms with Crippen molar-refractivity contribution in [1.29, 1.82) is 0 Å². The van der Waals surface area contributed by atoms with E-state index in [4.69, 9.17) is 62.7 Å². The summed E-state index contributed by atoms with van der Waals surface area (Å²) in [4.78, 5) is 17.0. The minimum absolute atomic E-state index is 0.0108. The fourth-order valence-corrected chi connectivity index (χ4v) is 4.38. The van der Waals surface area contributed by atoms with Crippen LogP contribution in [-0.4, -0.2) is 17.5 Å². The summed E-state index contributed by atoms with van der Waals surface area (Å²) in [5, 5.41) is 2.76. The molecule has 4 nitrogen and oxygen atoms in total. The molecule has 1 heterocycles. The average Bonchev–Trinajstić information content (AvgIpc) is 3.00. The molecule has 1 N–H and O–H groups in total. The van der Waals surface area contributed by atoms with Gasteiger partial charge in [0.2, 0.25) is 0 Å². The fraction of sp³-hybridized carbons (Fsp3) is 0.125. The molecule has 0 saturated carbocycles. The summed E-state index contributed by atoms with van der Waals surface area (Å²) < 4.78 is 6.31. The Kier molecular flexibility index (Phi) is 6.07. The van der Waals surface area contributed by atoms with Crippen molar-refractivity contribution in [3.8, 4) is 5.75 Å². The van der Waals surface area contributed by atoms with Crippen LogP contribution in [0.25, 0.3) is 10.2 Å². The van der Waals surface area contributed by atoms with Crippen LogP contribution in [0.15, 0.2) is 18.2 Å². The van der Waals surface area contributed by atoms with E-state index >= 15 is 0 Å². The number of hydrogen-bond acceptors (Lipinski definition) is 4. The Morgan fingerprint density at radius 3 is 2.31 bits per heavy atom. The largest absolute Gasteiger partial charge is 0.494 e. The molecule has 0 spiro atoms. The molecule has 0 aliphatic heterocycles. The van der Waals surface area contributed by atoms with Gasteiger partial charge in [-0.2, -0.15) is 0 Å². The third kappa shape index (κ3) is 3.70. The first-order chi connectivity index (χ1) is 12.3. The fourth-order valence-electron chi connectivity index (χ4n) is 2.18. The number of nitrogens with one attached hydrogen (secondary N) is 1. The summed E-state index contributed by atoms with van der Waals surface area (Å²) in [7, 11) is 0. The van der Waals surface area contributed by atoms with Crippen molar-refractivity contribution in [1.82, 2.24) is 4.98 Å². The molecule has 136 valence electrons. The van der Waals surface area contributed by atoms with Gasteiger partial charge in [-0.15, -0.1) is 0 Å². The molecule has 3 aromatic rings. The highest BCUT2D eigenvalue weighted by atomic mass is 35.5. The monoisotopic (exact) mass is 468 g/mol. The van der Waals surface area contributed by atoms with Crippen LogP contribution in [0.4, 0.5) is 5.13 Å². The zero-order valence-electron chi connectivity index (χ0n) is 13.0. The molecule has 26 heavy (non-hydrogen) atoms. The third-order valence-electron chi connectivity index (χ3n) is 3.33. The van der Waals surface area contributed by atoms with Crippen LogP contribution >= 0.6 is 69.3 Å². The number of benzene rings is 2. The first-order valence-electron chi connectivity index (χ1n) is 7.19. The van der Waals surface area contributed by atoms with Crippen molar-refractivity contribution in [2.24, 2.45) is 0 Å². The summed E-state index contributed by atoms with van der Waals surface area (Å²) in [6.45, 7) is 2.46. The van der Waals surface area contributed by atoms with Gasteiger partial charge in [-0.3, -0.25) is 10.1 Å². The number of ether oxygens (including phenoxy) is 1. The maximum atomic E-state index is 12.6. The number of aromatic nitrogens is 1. The van der Waals surface area contributed by atoms with Gasteiger partial charge in [0.1, 0.15) is 5.75 Å². The zero-order chi connectivity index (χ0) is 19.0. The van der Waals surface area contributed by atoms with Gasteiger partial charge in [-0.25, -0.2) is 4.98 Å². The summed E-state index contributed by atoms with van der Waals surface area (Å²) in [5.74, 6) is 0.133. The van der Waals surface area contributed by atoms with Crippen LogP contribution in [0, 0.1) is 0 Å². The summed E-state index contributed by atoms with van der Waals surface area (Å²) in [5.41, 5.74) is 0.653. The number of fused-ring (bicyclic) bond motifs is 1. The number of hydrogen-bond donors (Lipinski definition) is 1. The van der Waals surface area contributed by atoms with Crippen molar-refractivity contribution < 1.29 is 9.53 Å². The first kappa shape index (κ1) is 19.8. The lowest BCUT2D eigenvalue weighted by molar-refractivity contribution is 0.102. The molecule has 0 atom stereocenters. The van der Waals surface area contributed by atoms with E-state index in [1.165, 1.54) is 11.3 Å². The van der Waals surface area contributed by atoms with Gasteiger partial charge in [0, 0.05) is 0 Å².